The van der Waals surface area contributed by atoms with Gasteiger partial charge >= 0.3 is 6.09 Å². The number of nitrogens with one attached hydrogen (secondary N) is 1. The fourth-order valence-electron chi connectivity index (χ4n) is 4.06. The summed E-state index contributed by atoms with van der Waals surface area (Å²) in [6, 6.07) is 21.3. The molecule has 3 aromatic rings. The van der Waals surface area contributed by atoms with Crippen LogP contribution in [0.2, 0.25) is 0 Å². The predicted molar refractivity (Wildman–Crippen MR) is 125 cm³/mol. The van der Waals surface area contributed by atoms with Crippen LogP contribution >= 0.6 is 0 Å². The van der Waals surface area contributed by atoms with E-state index in [9.17, 15) is 14.7 Å². The molecule has 0 aliphatic heterocycles. The number of hydrogen-bond donors (Lipinski definition) is 2. The number of fused-ring (bicyclic) bond motifs is 3. The van der Waals surface area contributed by atoms with Crippen molar-refractivity contribution in [2.45, 2.75) is 19.3 Å². The van der Waals surface area contributed by atoms with Crippen LogP contribution in [0, 0.1) is 0 Å². The summed E-state index contributed by atoms with van der Waals surface area (Å²) < 4.78 is 5.51. The van der Waals surface area contributed by atoms with E-state index in [1.54, 1.807) is 31.2 Å². The molecule has 0 fully saturated rings. The zero-order valence-corrected chi connectivity index (χ0v) is 17.9. The fraction of sp³-hybridized carbons (Fsp3) is 0.185. The third kappa shape index (κ3) is 4.42. The maximum absolute atomic E-state index is 12.2. The van der Waals surface area contributed by atoms with Crippen molar-refractivity contribution in [3.63, 3.8) is 0 Å². The van der Waals surface area contributed by atoms with E-state index in [-0.39, 0.29) is 30.6 Å². The number of ketones is 1. The topological polar surface area (TPSA) is 75.6 Å². The number of aromatic hydroxyl groups is 1. The first-order chi connectivity index (χ1) is 15.6. The van der Waals surface area contributed by atoms with Crippen LogP contribution in [0.5, 0.6) is 5.75 Å². The fourth-order valence-corrected chi connectivity index (χ4v) is 4.06. The van der Waals surface area contributed by atoms with Crippen molar-refractivity contribution < 1.29 is 19.4 Å². The quantitative estimate of drug-likeness (QED) is 0.486. The molecule has 4 rings (SSSR count). The molecule has 3 aromatic carbocycles. The number of phenolic OH excluding ortho intramolecular Hbond substituents is 1. The lowest BCUT2D eigenvalue weighted by Crippen LogP contribution is -2.26. The van der Waals surface area contributed by atoms with Gasteiger partial charge in [-0.2, -0.15) is 0 Å². The summed E-state index contributed by atoms with van der Waals surface area (Å²) in [5.74, 6) is -0.115. The van der Waals surface area contributed by atoms with Crippen LogP contribution in [0.4, 0.5) is 4.79 Å². The van der Waals surface area contributed by atoms with Crippen LogP contribution in [0.15, 0.2) is 72.8 Å². The first-order valence-electron chi connectivity index (χ1n) is 10.7. The molecule has 5 nitrogen and oxygen atoms in total. The number of carbonyl (C=O) groups excluding carboxylic acids is 2. The standard InChI is InChI=1S/C27H25NO4/c1-2-25(29)23-16-18(13-14-26(23)30)8-7-15-28-27(31)32-17-24-21-11-5-3-9-19(21)20-10-4-6-12-22(20)24/h3-14,16,24,30H,2,15,17H2,1H3,(H,28,31). The molecule has 1 aliphatic rings. The Hall–Kier alpha value is -3.86. The molecular weight excluding hydrogens is 402 g/mol. The van der Waals surface area contributed by atoms with E-state index >= 15 is 0 Å². The Morgan fingerprint density at radius 3 is 2.31 bits per heavy atom. The van der Waals surface area contributed by atoms with Crippen molar-refractivity contribution in [1.29, 1.82) is 0 Å². The van der Waals surface area contributed by atoms with Crippen LogP contribution < -0.4 is 5.32 Å². The minimum atomic E-state index is -0.482. The van der Waals surface area contributed by atoms with Crippen molar-refractivity contribution in [3.05, 3.63) is 95.1 Å². The molecule has 0 unspecified atom stereocenters. The zero-order chi connectivity index (χ0) is 22.5. The third-order valence-corrected chi connectivity index (χ3v) is 5.66. The average molecular weight is 428 g/mol. The number of alkyl carbamates (subject to hydrolysis) is 1. The smallest absolute Gasteiger partial charge is 0.407 e. The first-order valence-corrected chi connectivity index (χ1v) is 10.7. The van der Waals surface area contributed by atoms with E-state index in [1.807, 2.05) is 24.3 Å². The van der Waals surface area contributed by atoms with Crippen LogP contribution in [-0.4, -0.2) is 30.1 Å². The van der Waals surface area contributed by atoms with E-state index in [1.165, 1.54) is 28.3 Å². The van der Waals surface area contributed by atoms with Crippen LogP contribution in [0.25, 0.3) is 17.2 Å². The van der Waals surface area contributed by atoms with Crippen LogP contribution in [0.1, 0.15) is 46.3 Å². The molecule has 0 saturated carbocycles. The summed E-state index contributed by atoms with van der Waals surface area (Å²) in [6.07, 6.45) is 3.40. The van der Waals surface area contributed by atoms with Gasteiger partial charge in [-0.15, -0.1) is 0 Å². The van der Waals surface area contributed by atoms with Gasteiger partial charge in [-0.05, 0) is 39.9 Å². The highest BCUT2D eigenvalue weighted by atomic mass is 16.5. The molecule has 0 heterocycles. The molecule has 0 radical (unpaired) electrons. The Morgan fingerprint density at radius 1 is 1.00 bits per heavy atom. The number of carbonyl (C=O) groups is 2. The molecule has 1 aliphatic carbocycles. The Balaban J connectivity index is 1.32. The molecular formula is C27H25NO4. The van der Waals surface area contributed by atoms with Gasteiger partial charge in [-0.1, -0.05) is 73.7 Å². The Kier molecular flexibility index (Phi) is 6.36. The number of rotatable bonds is 7. The van der Waals surface area contributed by atoms with Crippen LogP contribution in [0.3, 0.4) is 0 Å². The molecule has 0 bridgehead atoms. The summed E-state index contributed by atoms with van der Waals surface area (Å²) in [4.78, 5) is 24.1. The number of phenols is 1. The second-order valence-corrected chi connectivity index (χ2v) is 7.66. The molecule has 0 spiro atoms. The molecule has 2 N–H and O–H groups in total. The molecule has 5 heteroatoms. The molecule has 1 amide bonds. The molecule has 32 heavy (non-hydrogen) atoms. The first kappa shape index (κ1) is 21.4. The molecule has 0 saturated heterocycles. The number of hydrogen-bond acceptors (Lipinski definition) is 4. The normalized spacial score (nSPS) is 12.4. The van der Waals surface area contributed by atoms with E-state index < -0.39 is 6.09 Å². The number of ether oxygens (including phenoxy) is 1. The lowest BCUT2D eigenvalue weighted by Gasteiger charge is -2.14. The predicted octanol–water partition coefficient (Wildman–Crippen LogP) is 5.54. The number of amides is 1. The Morgan fingerprint density at radius 2 is 1.66 bits per heavy atom. The average Bonchev–Trinajstić information content (AvgIpc) is 3.14. The van der Waals surface area contributed by atoms with E-state index in [2.05, 4.69) is 29.6 Å². The lowest BCUT2D eigenvalue weighted by atomic mass is 9.98. The van der Waals surface area contributed by atoms with E-state index in [0.29, 0.717) is 12.0 Å². The second-order valence-electron chi connectivity index (χ2n) is 7.66. The number of Topliss-reactive ketones (excluding diaryl/α,β-unsaturated/α-hetero) is 1. The Labute approximate surface area is 187 Å². The van der Waals surface area contributed by atoms with E-state index in [4.69, 9.17) is 4.74 Å². The number of benzene rings is 3. The highest BCUT2D eigenvalue weighted by Gasteiger charge is 2.28. The monoisotopic (exact) mass is 427 g/mol. The van der Waals surface area contributed by atoms with Gasteiger partial charge in [0.25, 0.3) is 0 Å². The van der Waals surface area contributed by atoms with Gasteiger partial charge in [0.05, 0.1) is 5.56 Å². The van der Waals surface area contributed by atoms with Gasteiger partial charge in [0.2, 0.25) is 0 Å². The largest absolute Gasteiger partial charge is 0.507 e. The summed E-state index contributed by atoms with van der Waals surface area (Å²) in [5, 5.41) is 12.6. The van der Waals surface area contributed by atoms with Crippen LogP contribution in [-0.2, 0) is 4.74 Å². The van der Waals surface area contributed by atoms with Gasteiger partial charge in [-0.3, -0.25) is 4.79 Å². The van der Waals surface area contributed by atoms with Crippen molar-refractivity contribution in [1.82, 2.24) is 5.32 Å². The zero-order valence-electron chi connectivity index (χ0n) is 17.9. The minimum absolute atomic E-state index is 0.0224. The summed E-state index contributed by atoms with van der Waals surface area (Å²) in [6.45, 7) is 2.31. The van der Waals surface area contributed by atoms with Crippen molar-refractivity contribution in [2.75, 3.05) is 13.2 Å². The van der Waals surface area contributed by atoms with Gasteiger partial charge in [0.1, 0.15) is 12.4 Å². The SMILES string of the molecule is CCC(=O)c1cc(C=CCNC(=O)OCC2c3ccccc3-c3ccccc32)ccc1O. The highest BCUT2D eigenvalue weighted by Crippen LogP contribution is 2.44. The maximum atomic E-state index is 12.2. The van der Waals surface area contributed by atoms with Gasteiger partial charge in [0.15, 0.2) is 5.78 Å². The Bertz CT molecular complexity index is 1140. The van der Waals surface area contributed by atoms with Gasteiger partial charge < -0.3 is 15.2 Å². The highest BCUT2D eigenvalue weighted by molar-refractivity contribution is 5.98. The second kappa shape index (κ2) is 9.52. The van der Waals surface area contributed by atoms with Crippen molar-refractivity contribution in [3.8, 4) is 16.9 Å². The van der Waals surface area contributed by atoms with E-state index in [0.717, 1.165) is 5.56 Å². The van der Waals surface area contributed by atoms with Gasteiger partial charge in [-0.25, -0.2) is 4.79 Å². The summed E-state index contributed by atoms with van der Waals surface area (Å²) >= 11 is 0. The summed E-state index contributed by atoms with van der Waals surface area (Å²) in [7, 11) is 0. The van der Waals surface area contributed by atoms with Crippen molar-refractivity contribution >= 4 is 18.0 Å². The van der Waals surface area contributed by atoms with Crippen molar-refractivity contribution in [2.24, 2.45) is 0 Å². The molecule has 0 aromatic heterocycles. The minimum Gasteiger partial charge on any atom is -0.507 e. The summed E-state index contributed by atoms with van der Waals surface area (Å²) in [5.41, 5.74) is 5.80. The third-order valence-electron chi connectivity index (χ3n) is 5.66. The molecule has 0 atom stereocenters. The maximum Gasteiger partial charge on any atom is 0.407 e. The lowest BCUT2D eigenvalue weighted by molar-refractivity contribution is 0.0985. The van der Waals surface area contributed by atoms with Gasteiger partial charge in [0, 0.05) is 18.9 Å². The molecule has 162 valence electrons.